The topological polar surface area (TPSA) is 12.5 Å². The van der Waals surface area contributed by atoms with E-state index in [-0.39, 0.29) is 5.60 Å². The lowest BCUT2D eigenvalue weighted by Gasteiger charge is -2.38. The first-order chi connectivity index (χ1) is 5.70. The number of ether oxygens (including phenoxy) is 1. The van der Waals surface area contributed by atoms with Crippen LogP contribution in [-0.2, 0) is 4.74 Å². The lowest BCUT2D eigenvalue weighted by molar-refractivity contribution is -0.0478. The molecule has 1 fully saturated rings. The number of hydrogen-bond donors (Lipinski definition) is 0. The van der Waals surface area contributed by atoms with Crippen LogP contribution in [0.3, 0.4) is 0 Å². The fourth-order valence-electron chi connectivity index (χ4n) is 1.81. The third kappa shape index (κ3) is 2.32. The van der Waals surface area contributed by atoms with Crippen molar-refractivity contribution in [3.63, 3.8) is 0 Å². The number of rotatable bonds is 3. The van der Waals surface area contributed by atoms with Crippen molar-refractivity contribution < 1.29 is 4.74 Å². The van der Waals surface area contributed by atoms with Crippen molar-refractivity contribution >= 4 is 0 Å². The van der Waals surface area contributed by atoms with Crippen LogP contribution in [0.15, 0.2) is 12.7 Å². The van der Waals surface area contributed by atoms with E-state index in [0.29, 0.717) is 0 Å². The Bertz CT molecular complexity index is 158. The normalized spacial score (nSPS) is 31.8. The first-order valence-corrected chi connectivity index (χ1v) is 4.58. The smallest absolute Gasteiger partial charge is 0.0777 e. The Morgan fingerprint density at radius 2 is 2.42 bits per heavy atom. The third-order valence-electron chi connectivity index (χ3n) is 2.62. The van der Waals surface area contributed by atoms with Crippen molar-refractivity contribution in [2.45, 2.75) is 25.4 Å². The Labute approximate surface area is 75.2 Å². The predicted molar refractivity (Wildman–Crippen MR) is 51.3 cm³/mol. The van der Waals surface area contributed by atoms with Gasteiger partial charge in [-0.05, 0) is 26.3 Å². The van der Waals surface area contributed by atoms with Gasteiger partial charge in [-0.1, -0.05) is 6.08 Å². The van der Waals surface area contributed by atoms with E-state index < -0.39 is 0 Å². The van der Waals surface area contributed by atoms with E-state index >= 15 is 0 Å². The molecule has 1 saturated heterocycles. The van der Waals surface area contributed by atoms with Crippen LogP contribution in [0.5, 0.6) is 0 Å². The highest BCUT2D eigenvalue weighted by Crippen LogP contribution is 2.23. The van der Waals surface area contributed by atoms with Crippen molar-refractivity contribution in [3.05, 3.63) is 12.7 Å². The van der Waals surface area contributed by atoms with Crippen LogP contribution >= 0.6 is 0 Å². The van der Waals surface area contributed by atoms with Crippen molar-refractivity contribution in [3.8, 4) is 0 Å². The molecule has 0 saturated carbocycles. The molecule has 0 aliphatic carbocycles. The molecule has 0 aromatic carbocycles. The first kappa shape index (κ1) is 9.75. The van der Waals surface area contributed by atoms with Crippen LogP contribution in [0, 0.1) is 0 Å². The Morgan fingerprint density at radius 1 is 1.67 bits per heavy atom. The fraction of sp³-hybridized carbons (Fsp3) is 0.800. The molecular formula is C10H19NO. The highest BCUT2D eigenvalue weighted by molar-refractivity contribution is 4.87. The van der Waals surface area contributed by atoms with Crippen molar-refractivity contribution in [2.75, 3.05) is 26.7 Å². The minimum Gasteiger partial charge on any atom is -0.377 e. The molecule has 70 valence electrons. The minimum atomic E-state index is 0.0707. The quantitative estimate of drug-likeness (QED) is 0.596. The maximum Gasteiger partial charge on any atom is 0.0777 e. The molecular weight excluding hydrogens is 150 g/mol. The maximum absolute atomic E-state index is 5.48. The molecule has 2 nitrogen and oxygen atoms in total. The highest BCUT2D eigenvalue weighted by atomic mass is 16.5. The van der Waals surface area contributed by atoms with E-state index in [4.69, 9.17) is 4.74 Å². The van der Waals surface area contributed by atoms with Gasteiger partial charge in [0.1, 0.15) is 0 Å². The third-order valence-corrected chi connectivity index (χ3v) is 2.62. The SMILES string of the molecule is C=CCN1CCCC(C)(OC)C1. The largest absolute Gasteiger partial charge is 0.377 e. The summed E-state index contributed by atoms with van der Waals surface area (Å²) in [5.41, 5.74) is 0.0707. The monoisotopic (exact) mass is 169 g/mol. The summed E-state index contributed by atoms with van der Waals surface area (Å²) >= 11 is 0. The van der Waals surface area contributed by atoms with Gasteiger partial charge >= 0.3 is 0 Å². The Balaban J connectivity index is 2.44. The van der Waals surface area contributed by atoms with E-state index in [1.165, 1.54) is 19.4 Å². The molecule has 0 aromatic rings. The van der Waals surface area contributed by atoms with E-state index in [2.05, 4.69) is 18.4 Å². The molecule has 1 rings (SSSR count). The minimum absolute atomic E-state index is 0.0707. The van der Waals surface area contributed by atoms with Gasteiger partial charge in [-0.25, -0.2) is 0 Å². The lowest BCUT2D eigenvalue weighted by Crippen LogP contribution is -2.47. The van der Waals surface area contributed by atoms with E-state index in [0.717, 1.165) is 13.1 Å². The lowest BCUT2D eigenvalue weighted by atomic mass is 9.95. The molecule has 1 heterocycles. The standard InChI is InChI=1S/C10H19NO/c1-4-7-11-8-5-6-10(2,9-11)12-3/h4H,1,5-9H2,2-3H3. The van der Waals surface area contributed by atoms with Crippen LogP contribution in [0.1, 0.15) is 19.8 Å². The van der Waals surface area contributed by atoms with E-state index in [1.54, 1.807) is 7.11 Å². The first-order valence-electron chi connectivity index (χ1n) is 4.58. The van der Waals surface area contributed by atoms with Gasteiger partial charge in [-0.2, -0.15) is 0 Å². The summed E-state index contributed by atoms with van der Waals surface area (Å²) in [6.45, 7) is 9.14. The number of methoxy groups -OCH3 is 1. The van der Waals surface area contributed by atoms with Gasteiger partial charge < -0.3 is 4.74 Å². The summed E-state index contributed by atoms with van der Waals surface area (Å²) < 4.78 is 5.48. The molecule has 0 amide bonds. The molecule has 2 heteroatoms. The van der Waals surface area contributed by atoms with E-state index in [9.17, 15) is 0 Å². The molecule has 0 spiro atoms. The molecule has 1 aliphatic heterocycles. The van der Waals surface area contributed by atoms with Crippen molar-refractivity contribution in [1.29, 1.82) is 0 Å². The number of likely N-dealkylation sites (tertiary alicyclic amines) is 1. The second kappa shape index (κ2) is 4.06. The van der Waals surface area contributed by atoms with Gasteiger partial charge in [0.15, 0.2) is 0 Å². The molecule has 0 radical (unpaired) electrons. The average Bonchev–Trinajstić information content (AvgIpc) is 2.05. The van der Waals surface area contributed by atoms with Gasteiger partial charge in [-0.3, -0.25) is 4.90 Å². The second-order valence-electron chi connectivity index (χ2n) is 3.78. The second-order valence-corrected chi connectivity index (χ2v) is 3.78. The Morgan fingerprint density at radius 3 is 3.00 bits per heavy atom. The maximum atomic E-state index is 5.48. The fourth-order valence-corrected chi connectivity index (χ4v) is 1.81. The van der Waals surface area contributed by atoms with Crippen LogP contribution in [0.4, 0.5) is 0 Å². The zero-order valence-corrected chi connectivity index (χ0v) is 8.18. The molecule has 0 aromatic heterocycles. The average molecular weight is 169 g/mol. The number of nitrogens with zero attached hydrogens (tertiary/aromatic N) is 1. The van der Waals surface area contributed by atoms with E-state index in [1.807, 2.05) is 6.08 Å². The number of hydrogen-bond acceptors (Lipinski definition) is 2. The van der Waals surface area contributed by atoms with Gasteiger partial charge in [0.25, 0.3) is 0 Å². The zero-order valence-electron chi connectivity index (χ0n) is 8.18. The summed E-state index contributed by atoms with van der Waals surface area (Å²) in [5, 5.41) is 0. The summed E-state index contributed by atoms with van der Waals surface area (Å²) in [6.07, 6.45) is 4.37. The highest BCUT2D eigenvalue weighted by Gasteiger charge is 2.29. The van der Waals surface area contributed by atoms with Gasteiger partial charge in [0, 0.05) is 20.2 Å². The van der Waals surface area contributed by atoms with Gasteiger partial charge in [0.05, 0.1) is 5.60 Å². The molecule has 1 unspecified atom stereocenters. The number of piperidine rings is 1. The van der Waals surface area contributed by atoms with Crippen molar-refractivity contribution in [2.24, 2.45) is 0 Å². The molecule has 1 atom stereocenters. The Hall–Kier alpha value is -0.340. The van der Waals surface area contributed by atoms with Crippen LogP contribution in [0.2, 0.25) is 0 Å². The Kier molecular flexibility index (Phi) is 3.29. The van der Waals surface area contributed by atoms with Crippen LogP contribution < -0.4 is 0 Å². The van der Waals surface area contributed by atoms with Gasteiger partial charge in [0.2, 0.25) is 0 Å². The van der Waals surface area contributed by atoms with Crippen molar-refractivity contribution in [1.82, 2.24) is 4.90 Å². The van der Waals surface area contributed by atoms with Gasteiger partial charge in [-0.15, -0.1) is 6.58 Å². The molecule has 0 N–H and O–H groups in total. The van der Waals surface area contributed by atoms with Crippen LogP contribution in [0.25, 0.3) is 0 Å². The molecule has 12 heavy (non-hydrogen) atoms. The summed E-state index contributed by atoms with van der Waals surface area (Å²) in [7, 11) is 1.80. The zero-order chi connectivity index (χ0) is 9.03. The summed E-state index contributed by atoms with van der Waals surface area (Å²) in [4.78, 5) is 2.39. The molecule has 0 bridgehead atoms. The summed E-state index contributed by atoms with van der Waals surface area (Å²) in [5.74, 6) is 0. The van der Waals surface area contributed by atoms with Crippen LogP contribution in [-0.4, -0.2) is 37.2 Å². The summed E-state index contributed by atoms with van der Waals surface area (Å²) in [6, 6.07) is 0. The molecule has 1 aliphatic rings. The predicted octanol–water partition coefficient (Wildman–Crippen LogP) is 1.67.